The lowest BCUT2D eigenvalue weighted by Gasteiger charge is -2.26. The van der Waals surface area contributed by atoms with Gasteiger partial charge in [-0.25, -0.2) is 13.2 Å². The van der Waals surface area contributed by atoms with Crippen LogP contribution in [0.25, 0.3) is 0 Å². The molecule has 2 unspecified atom stereocenters. The van der Waals surface area contributed by atoms with Gasteiger partial charge in [0, 0.05) is 25.1 Å². The van der Waals surface area contributed by atoms with E-state index in [0.717, 1.165) is 23.6 Å². The molecule has 2 aromatic heterocycles. The van der Waals surface area contributed by atoms with Gasteiger partial charge < -0.3 is 19.9 Å². The number of carbonyl (C=O) groups is 2. The van der Waals surface area contributed by atoms with Crippen molar-refractivity contribution in [2.75, 3.05) is 18.5 Å². The van der Waals surface area contributed by atoms with Crippen molar-refractivity contribution >= 4 is 40.4 Å². The Morgan fingerprint density at radius 3 is 2.82 bits per heavy atom. The van der Waals surface area contributed by atoms with Gasteiger partial charge in [0.05, 0.1) is 41.9 Å². The van der Waals surface area contributed by atoms with E-state index >= 15 is 0 Å². The van der Waals surface area contributed by atoms with Gasteiger partial charge in [0.15, 0.2) is 5.82 Å². The number of ether oxygens (including phenoxy) is 1. The molecule has 0 saturated carbocycles. The monoisotopic (exact) mass is 501 g/mol. The van der Waals surface area contributed by atoms with Crippen molar-refractivity contribution in [3.8, 4) is 11.8 Å². The second-order valence-electron chi connectivity index (χ2n) is 7.31. The number of pyridine rings is 1. The lowest BCUT2D eigenvalue weighted by atomic mass is 9.98. The average Bonchev–Trinajstić information content (AvgIpc) is 3.10. The van der Waals surface area contributed by atoms with Crippen LogP contribution in [0, 0.1) is 23.6 Å². The van der Waals surface area contributed by atoms with E-state index in [-0.39, 0.29) is 32.8 Å². The van der Waals surface area contributed by atoms with Crippen LogP contribution in [-0.2, 0) is 16.1 Å². The van der Waals surface area contributed by atoms with Gasteiger partial charge in [-0.1, -0.05) is 23.4 Å². The molecule has 0 aromatic carbocycles. The largest absolute Gasteiger partial charge is 0.378 e. The number of anilines is 1. The minimum atomic E-state index is -2.87. The van der Waals surface area contributed by atoms with E-state index in [0.29, 0.717) is 29.8 Å². The number of carbonyl (C=O) groups excluding carboxylic acids is 2. The molecule has 2 aromatic rings. The molecule has 12 heteroatoms. The summed E-state index contributed by atoms with van der Waals surface area (Å²) < 4.78 is 45.2. The van der Waals surface area contributed by atoms with Gasteiger partial charge in [0.1, 0.15) is 4.34 Å². The van der Waals surface area contributed by atoms with E-state index in [1.807, 2.05) is 0 Å². The van der Waals surface area contributed by atoms with Crippen LogP contribution in [0.3, 0.4) is 0 Å². The summed E-state index contributed by atoms with van der Waals surface area (Å²) >= 11 is 7.13. The van der Waals surface area contributed by atoms with Crippen molar-refractivity contribution in [1.82, 2.24) is 9.88 Å². The smallest absolute Gasteiger partial charge is 0.286 e. The number of hydrogen-bond acceptors (Lipinski definition) is 5. The number of nitrogens with zero attached hydrogens (tertiary/aromatic N) is 1. The normalized spacial score (nSPS) is 17.9. The SMILES string of the molecule is CC(=O)NC1COCC(C#Cc2cc(C(=O)Nc3cc(F)c(=O)n(CC(F)F)c3)sc2Cl)C1. The Bertz CT molecular complexity index is 1170. The van der Waals surface area contributed by atoms with E-state index in [1.165, 1.54) is 13.0 Å². The fourth-order valence-corrected chi connectivity index (χ4v) is 4.30. The second-order valence-corrected chi connectivity index (χ2v) is 8.97. The van der Waals surface area contributed by atoms with Gasteiger partial charge >= 0.3 is 0 Å². The highest BCUT2D eigenvalue weighted by atomic mass is 35.5. The Morgan fingerprint density at radius 1 is 1.36 bits per heavy atom. The molecule has 0 radical (unpaired) electrons. The Labute approximate surface area is 195 Å². The molecule has 3 rings (SSSR count). The lowest BCUT2D eigenvalue weighted by Crippen LogP contribution is -2.42. The minimum absolute atomic E-state index is 0.136. The molecule has 0 spiro atoms. The van der Waals surface area contributed by atoms with E-state index in [1.54, 1.807) is 0 Å². The highest BCUT2D eigenvalue weighted by Crippen LogP contribution is 2.28. The summed E-state index contributed by atoms with van der Waals surface area (Å²) in [4.78, 5) is 35.5. The third kappa shape index (κ3) is 6.83. The van der Waals surface area contributed by atoms with E-state index in [4.69, 9.17) is 16.3 Å². The Hall–Kier alpha value is -2.81. The molecule has 33 heavy (non-hydrogen) atoms. The maximum Gasteiger partial charge on any atom is 0.286 e. The van der Waals surface area contributed by atoms with Gasteiger partial charge in [-0.15, -0.1) is 11.3 Å². The number of halogens is 4. The van der Waals surface area contributed by atoms with Gasteiger partial charge in [0.25, 0.3) is 17.9 Å². The molecule has 1 saturated heterocycles. The molecule has 1 fully saturated rings. The van der Waals surface area contributed by atoms with Gasteiger partial charge in [-0.3, -0.25) is 14.4 Å². The molecule has 176 valence electrons. The molecule has 0 bridgehead atoms. The Kier molecular flexibility index (Phi) is 8.18. The molecule has 2 atom stereocenters. The van der Waals surface area contributed by atoms with Crippen LogP contribution in [0.15, 0.2) is 23.1 Å². The summed E-state index contributed by atoms with van der Waals surface area (Å²) in [6.45, 7) is 1.23. The molecule has 1 aliphatic heterocycles. The molecule has 3 heterocycles. The van der Waals surface area contributed by atoms with Crippen LogP contribution in [0.1, 0.15) is 28.6 Å². The first-order valence-electron chi connectivity index (χ1n) is 9.77. The number of rotatable bonds is 5. The minimum Gasteiger partial charge on any atom is -0.378 e. The summed E-state index contributed by atoms with van der Waals surface area (Å²) in [5.41, 5.74) is -0.960. The van der Waals surface area contributed by atoms with Crippen molar-refractivity contribution < 1.29 is 27.5 Å². The Morgan fingerprint density at radius 2 is 2.12 bits per heavy atom. The van der Waals surface area contributed by atoms with Crippen LogP contribution in [0.4, 0.5) is 18.9 Å². The number of amides is 2. The van der Waals surface area contributed by atoms with Crippen molar-refractivity contribution in [3.63, 3.8) is 0 Å². The quantitative estimate of drug-likeness (QED) is 0.616. The first-order chi connectivity index (χ1) is 15.6. The predicted octanol–water partition coefficient (Wildman–Crippen LogP) is 3.11. The summed E-state index contributed by atoms with van der Waals surface area (Å²) in [6.07, 6.45) is -1.31. The molecular weight excluding hydrogens is 483 g/mol. The number of nitrogens with one attached hydrogen (secondary N) is 2. The first kappa shape index (κ1) is 24.8. The zero-order valence-corrected chi connectivity index (χ0v) is 18.9. The maximum atomic E-state index is 13.8. The van der Waals surface area contributed by atoms with Gasteiger partial charge in [-0.05, 0) is 12.5 Å². The van der Waals surface area contributed by atoms with E-state index in [2.05, 4.69) is 22.5 Å². The molecular formula is C21H19ClF3N3O4S. The summed E-state index contributed by atoms with van der Waals surface area (Å²) in [7, 11) is 0. The third-order valence-corrected chi connectivity index (χ3v) is 5.93. The summed E-state index contributed by atoms with van der Waals surface area (Å²) in [5, 5.41) is 5.16. The van der Waals surface area contributed by atoms with Crippen molar-refractivity contribution in [2.45, 2.75) is 32.4 Å². The van der Waals surface area contributed by atoms with Crippen LogP contribution in [0.2, 0.25) is 4.34 Å². The lowest BCUT2D eigenvalue weighted by molar-refractivity contribution is -0.120. The van der Waals surface area contributed by atoms with Crippen molar-refractivity contribution in [1.29, 1.82) is 0 Å². The van der Waals surface area contributed by atoms with Crippen LogP contribution >= 0.6 is 22.9 Å². The number of hydrogen-bond donors (Lipinski definition) is 2. The number of thiophene rings is 1. The highest BCUT2D eigenvalue weighted by Gasteiger charge is 2.22. The van der Waals surface area contributed by atoms with Gasteiger partial charge in [0.2, 0.25) is 5.91 Å². The number of alkyl halides is 2. The predicted molar refractivity (Wildman–Crippen MR) is 117 cm³/mol. The van der Waals surface area contributed by atoms with Crippen LogP contribution < -0.4 is 16.2 Å². The van der Waals surface area contributed by atoms with Crippen LogP contribution in [-0.4, -0.2) is 42.1 Å². The Balaban J connectivity index is 1.71. The number of aromatic nitrogens is 1. The molecule has 2 N–H and O–H groups in total. The zero-order chi connectivity index (χ0) is 24.1. The van der Waals surface area contributed by atoms with Crippen molar-refractivity contribution in [2.24, 2.45) is 5.92 Å². The second kappa shape index (κ2) is 10.9. The topological polar surface area (TPSA) is 89.4 Å². The van der Waals surface area contributed by atoms with Crippen LogP contribution in [0.5, 0.6) is 0 Å². The third-order valence-electron chi connectivity index (χ3n) is 4.57. The van der Waals surface area contributed by atoms with E-state index < -0.39 is 30.3 Å². The van der Waals surface area contributed by atoms with Crippen molar-refractivity contribution in [3.05, 3.63) is 49.3 Å². The zero-order valence-electron chi connectivity index (χ0n) is 17.3. The summed E-state index contributed by atoms with van der Waals surface area (Å²) in [5.74, 6) is 3.72. The molecule has 2 amide bonds. The average molecular weight is 502 g/mol. The van der Waals surface area contributed by atoms with E-state index in [9.17, 15) is 27.6 Å². The molecule has 0 aliphatic carbocycles. The first-order valence-corrected chi connectivity index (χ1v) is 11.0. The standard InChI is InChI=1S/C21H19ClF3N3O4S/c1-11(29)26-15-4-12(9-32-10-15)2-3-13-5-17(33-19(13)22)20(30)27-14-6-16(23)21(31)28(7-14)8-18(24)25/h5-7,12,15,18H,4,8-10H2,1H3,(H,26,29)(H,27,30). The van der Waals surface area contributed by atoms with Gasteiger partial charge in [-0.2, -0.15) is 0 Å². The molecule has 7 nitrogen and oxygen atoms in total. The highest BCUT2D eigenvalue weighted by molar-refractivity contribution is 7.18. The summed E-state index contributed by atoms with van der Waals surface area (Å²) in [6, 6.07) is 2.08. The fourth-order valence-electron chi connectivity index (χ4n) is 3.21. The maximum absolute atomic E-state index is 13.8. The molecule has 1 aliphatic rings. The fraction of sp³-hybridized carbons (Fsp3) is 0.381.